The van der Waals surface area contributed by atoms with Crippen molar-refractivity contribution in [3.05, 3.63) is 60.8 Å². The highest BCUT2D eigenvalue weighted by Gasteiger charge is 2.27. The Morgan fingerprint density at radius 2 is 1.11 bits per heavy atom. The van der Waals surface area contributed by atoms with Gasteiger partial charge in [0, 0.05) is 6.42 Å². The molecule has 0 aromatic heterocycles. The summed E-state index contributed by atoms with van der Waals surface area (Å²) in [4.78, 5) is 23.1. The van der Waals surface area contributed by atoms with Crippen LogP contribution in [0.5, 0.6) is 0 Å². The van der Waals surface area contributed by atoms with Gasteiger partial charge in [-0.15, -0.1) is 0 Å². The number of hydrogen-bond acceptors (Lipinski definition) is 5. The molecule has 0 saturated heterocycles. The van der Waals surface area contributed by atoms with Gasteiger partial charge in [0.05, 0.1) is 39.9 Å². The number of phosphoric ester groups is 1. The van der Waals surface area contributed by atoms with Gasteiger partial charge < -0.3 is 19.8 Å². The van der Waals surface area contributed by atoms with Crippen molar-refractivity contribution in [2.24, 2.45) is 0 Å². The van der Waals surface area contributed by atoms with Gasteiger partial charge >= 0.3 is 7.82 Å². The molecule has 9 heteroatoms. The Hall–Kier alpha value is -1.80. The lowest BCUT2D eigenvalue weighted by atomic mass is 10.1. The van der Waals surface area contributed by atoms with Crippen LogP contribution in [0.4, 0.5) is 0 Å². The van der Waals surface area contributed by atoms with Crippen LogP contribution >= 0.6 is 7.82 Å². The molecule has 0 fully saturated rings. The molecule has 0 aliphatic rings. The summed E-state index contributed by atoms with van der Waals surface area (Å²) in [5.74, 6) is -0.200. The van der Waals surface area contributed by atoms with Crippen molar-refractivity contribution in [3.63, 3.8) is 0 Å². The van der Waals surface area contributed by atoms with E-state index in [-0.39, 0.29) is 19.1 Å². The average Bonchev–Trinajstić information content (AvgIpc) is 3.12. The summed E-state index contributed by atoms with van der Waals surface area (Å²) >= 11 is 0. The minimum absolute atomic E-state index is 0.0501. The third-order valence-electron chi connectivity index (χ3n) is 9.17. The highest BCUT2D eigenvalue weighted by atomic mass is 31.2. The van der Waals surface area contributed by atoms with E-state index < -0.39 is 20.0 Å². The molecule has 0 rings (SSSR count). The van der Waals surface area contributed by atoms with Crippen molar-refractivity contribution in [3.8, 4) is 0 Å². The van der Waals surface area contributed by atoms with Gasteiger partial charge in [0.1, 0.15) is 13.2 Å². The first-order valence-electron chi connectivity index (χ1n) is 21.7. The summed E-state index contributed by atoms with van der Waals surface area (Å²) < 4.78 is 23.5. The molecule has 54 heavy (non-hydrogen) atoms. The molecule has 0 aromatic rings. The van der Waals surface area contributed by atoms with Crippen molar-refractivity contribution in [1.82, 2.24) is 5.32 Å². The van der Waals surface area contributed by atoms with E-state index in [1.54, 1.807) is 6.08 Å². The highest BCUT2D eigenvalue weighted by molar-refractivity contribution is 7.47. The zero-order valence-corrected chi connectivity index (χ0v) is 36.3. The summed E-state index contributed by atoms with van der Waals surface area (Å²) in [6.07, 6.45) is 47.3. The molecule has 0 aliphatic heterocycles. The fourth-order valence-corrected chi connectivity index (χ4v) is 6.43. The van der Waals surface area contributed by atoms with Gasteiger partial charge in [-0.05, 0) is 70.6 Å². The van der Waals surface area contributed by atoms with Crippen LogP contribution < -0.4 is 5.32 Å². The standard InChI is InChI=1S/C45H83N2O6P/c1-6-8-10-12-14-16-18-19-20-21-22-23-24-25-26-27-29-31-33-35-37-39-45(49)46-43(42-53-54(50,51)52-41-40-47(3,4)5)44(48)38-36-34-32-30-28-17-15-13-11-9-7-2/h11,13,18-19,21-22,28,30,36,38,43-44,48H,6-10,12,14-17,20,23-27,29,31-35,37,39-42H2,1-5H3,(H-,46,49,50,51)/p+1/b13-11+,19-18-,22-21-,30-28+,38-36+. The number of hydrogen-bond donors (Lipinski definition) is 3. The van der Waals surface area contributed by atoms with Crippen molar-refractivity contribution in [2.75, 3.05) is 40.9 Å². The van der Waals surface area contributed by atoms with E-state index in [1.807, 2.05) is 27.2 Å². The summed E-state index contributed by atoms with van der Waals surface area (Å²) in [5, 5.41) is 13.7. The van der Waals surface area contributed by atoms with Crippen LogP contribution in [0.2, 0.25) is 0 Å². The molecule has 1 amide bonds. The molecule has 0 aliphatic carbocycles. The van der Waals surface area contributed by atoms with Crippen LogP contribution in [-0.4, -0.2) is 73.4 Å². The minimum Gasteiger partial charge on any atom is -0.387 e. The van der Waals surface area contributed by atoms with Gasteiger partial charge in [0.2, 0.25) is 5.91 Å². The van der Waals surface area contributed by atoms with Crippen LogP contribution in [0.1, 0.15) is 168 Å². The molecule has 314 valence electrons. The molecule has 0 radical (unpaired) electrons. The highest BCUT2D eigenvalue weighted by Crippen LogP contribution is 2.43. The number of unbranched alkanes of at least 4 members (excludes halogenated alkanes) is 17. The second-order valence-corrected chi connectivity index (χ2v) is 17.1. The van der Waals surface area contributed by atoms with E-state index in [1.165, 1.54) is 89.9 Å². The number of quaternary nitrogens is 1. The van der Waals surface area contributed by atoms with E-state index >= 15 is 0 Å². The number of aliphatic hydroxyl groups is 1. The van der Waals surface area contributed by atoms with Gasteiger partial charge in [0.15, 0.2) is 0 Å². The maximum atomic E-state index is 12.8. The number of aliphatic hydroxyl groups excluding tert-OH is 1. The molecule has 0 aromatic carbocycles. The van der Waals surface area contributed by atoms with E-state index in [0.717, 1.165) is 57.8 Å². The van der Waals surface area contributed by atoms with Gasteiger partial charge in [0.25, 0.3) is 0 Å². The number of phosphoric acid groups is 1. The Bertz CT molecular complexity index is 1060. The van der Waals surface area contributed by atoms with Gasteiger partial charge in [-0.1, -0.05) is 152 Å². The third kappa shape index (κ3) is 38.5. The third-order valence-corrected chi connectivity index (χ3v) is 10.2. The van der Waals surface area contributed by atoms with Gasteiger partial charge in [-0.2, -0.15) is 0 Å². The number of nitrogens with one attached hydrogen (secondary N) is 1. The van der Waals surface area contributed by atoms with Crippen molar-refractivity contribution >= 4 is 13.7 Å². The summed E-state index contributed by atoms with van der Waals surface area (Å²) in [6.45, 7) is 4.67. The summed E-state index contributed by atoms with van der Waals surface area (Å²) in [7, 11) is 1.53. The molecule has 8 nitrogen and oxygen atoms in total. The van der Waals surface area contributed by atoms with Crippen LogP contribution in [-0.2, 0) is 18.4 Å². The molecular formula is C45H84N2O6P+. The largest absolute Gasteiger partial charge is 0.472 e. The van der Waals surface area contributed by atoms with Crippen LogP contribution in [0.15, 0.2) is 60.8 Å². The van der Waals surface area contributed by atoms with Gasteiger partial charge in [-0.3, -0.25) is 13.8 Å². The number of rotatable bonds is 38. The molecule has 0 saturated carbocycles. The lowest BCUT2D eigenvalue weighted by molar-refractivity contribution is -0.870. The van der Waals surface area contributed by atoms with Crippen LogP contribution in [0.25, 0.3) is 0 Å². The van der Waals surface area contributed by atoms with E-state index in [9.17, 15) is 19.4 Å². The number of likely N-dealkylation sites (N-methyl/N-ethyl adjacent to an activating group) is 1. The lowest BCUT2D eigenvalue weighted by Crippen LogP contribution is -2.45. The van der Waals surface area contributed by atoms with Gasteiger partial charge in [-0.25, -0.2) is 4.57 Å². The summed E-state index contributed by atoms with van der Waals surface area (Å²) in [6, 6.07) is -0.871. The first-order chi connectivity index (χ1) is 26.0. The van der Waals surface area contributed by atoms with Crippen molar-refractivity contribution in [2.45, 2.75) is 180 Å². The number of nitrogens with zero attached hydrogens (tertiary/aromatic N) is 1. The van der Waals surface area contributed by atoms with E-state index in [4.69, 9.17) is 9.05 Å². The fourth-order valence-electron chi connectivity index (χ4n) is 5.70. The first kappa shape index (κ1) is 52.2. The van der Waals surface area contributed by atoms with E-state index in [0.29, 0.717) is 17.4 Å². The fraction of sp³-hybridized carbons (Fsp3) is 0.756. The Kier molecular flexibility index (Phi) is 35.6. The Morgan fingerprint density at radius 3 is 1.65 bits per heavy atom. The van der Waals surface area contributed by atoms with Crippen LogP contribution in [0.3, 0.4) is 0 Å². The predicted octanol–water partition coefficient (Wildman–Crippen LogP) is 11.9. The molecule has 3 unspecified atom stereocenters. The van der Waals surface area contributed by atoms with Crippen molar-refractivity contribution in [1.29, 1.82) is 0 Å². The molecule has 0 heterocycles. The smallest absolute Gasteiger partial charge is 0.387 e. The Balaban J connectivity index is 4.39. The Labute approximate surface area is 332 Å². The van der Waals surface area contributed by atoms with Crippen molar-refractivity contribution < 1.29 is 32.9 Å². The van der Waals surface area contributed by atoms with E-state index in [2.05, 4.69) is 67.8 Å². The SMILES string of the molecule is CCC/C=C/CC/C=C/CC/C=C/C(O)C(COP(=O)(O)OCC[N+](C)(C)C)NC(=O)CCCCCCCCCCC/C=C\C/C=C\CCCCCCC. The maximum Gasteiger partial charge on any atom is 0.472 e. The molecule has 3 N–H and O–H groups in total. The number of amides is 1. The maximum absolute atomic E-state index is 12.8. The second-order valence-electron chi connectivity index (χ2n) is 15.7. The second kappa shape index (κ2) is 36.8. The number of allylic oxidation sites excluding steroid dienone is 9. The Morgan fingerprint density at radius 1 is 0.630 bits per heavy atom. The molecule has 0 bridgehead atoms. The van der Waals surface area contributed by atoms with Crippen LogP contribution in [0, 0.1) is 0 Å². The summed E-state index contributed by atoms with van der Waals surface area (Å²) in [5.41, 5.74) is 0. The quantitative estimate of drug-likeness (QED) is 0.0249. The minimum atomic E-state index is -4.35. The predicted molar refractivity (Wildman–Crippen MR) is 230 cm³/mol. The number of carbonyl (C=O) groups is 1. The molecular weight excluding hydrogens is 695 g/mol. The average molecular weight is 780 g/mol. The number of carbonyl (C=O) groups excluding carboxylic acids is 1. The first-order valence-corrected chi connectivity index (χ1v) is 23.2. The molecule has 0 spiro atoms. The molecule has 3 atom stereocenters. The topological polar surface area (TPSA) is 105 Å². The lowest BCUT2D eigenvalue weighted by Gasteiger charge is -2.25. The zero-order valence-electron chi connectivity index (χ0n) is 35.4. The zero-order chi connectivity index (χ0) is 40.0. The monoisotopic (exact) mass is 780 g/mol. The normalized spacial score (nSPS) is 15.0.